The summed E-state index contributed by atoms with van der Waals surface area (Å²) in [6.07, 6.45) is 13.7. The van der Waals surface area contributed by atoms with Crippen LogP contribution in [-0.4, -0.2) is 24.3 Å². The van der Waals surface area contributed by atoms with E-state index in [0.29, 0.717) is 16.7 Å². The van der Waals surface area contributed by atoms with Crippen LogP contribution in [0.5, 0.6) is 0 Å². The fraction of sp³-hybridized carbons (Fsp3) is 0.760. The highest BCUT2D eigenvalue weighted by Crippen LogP contribution is 2.48. The highest BCUT2D eigenvalue weighted by atomic mass is 32.1. The topological polar surface area (TPSA) is 70.3 Å². The summed E-state index contributed by atoms with van der Waals surface area (Å²) in [6, 6.07) is 6.26. The smallest absolute Gasteiger partial charge is 0.348 e. The summed E-state index contributed by atoms with van der Waals surface area (Å²) in [5.74, 6) is 0.675. The second-order valence-corrected chi connectivity index (χ2v) is 10.1. The average Bonchev–Trinajstić information content (AvgIpc) is 3.37. The number of aryl methyl sites for hydroxylation is 1. The van der Waals surface area contributed by atoms with E-state index in [1.165, 1.54) is 55.4 Å². The number of esters is 1. The van der Waals surface area contributed by atoms with Gasteiger partial charge in [0.25, 0.3) is 0 Å². The summed E-state index contributed by atoms with van der Waals surface area (Å²) in [4.78, 5) is 13.0. The Kier molecular flexibility index (Phi) is 10.3. The summed E-state index contributed by atoms with van der Waals surface area (Å²) in [5, 5.41) is 19.4. The van der Waals surface area contributed by atoms with Gasteiger partial charge in [0.05, 0.1) is 19.3 Å². The quantitative estimate of drug-likeness (QED) is 0.450. The van der Waals surface area contributed by atoms with E-state index in [1.807, 2.05) is 12.1 Å². The Bertz CT molecular complexity index is 683. The van der Waals surface area contributed by atoms with Crippen molar-refractivity contribution in [3.8, 4) is 6.07 Å². The minimum Gasteiger partial charge on any atom is -0.465 e. The molecule has 30 heavy (non-hydrogen) atoms. The lowest BCUT2D eigenvalue weighted by atomic mass is 9.62. The summed E-state index contributed by atoms with van der Waals surface area (Å²) in [7, 11) is 1.40. The normalized spacial score (nSPS) is 22.9. The Morgan fingerprint density at radius 3 is 2.67 bits per heavy atom. The molecule has 0 spiro atoms. The molecule has 0 radical (unpaired) electrons. The number of thiophene rings is 1. The summed E-state index contributed by atoms with van der Waals surface area (Å²) in [5.41, 5.74) is 0.254. The zero-order valence-corrected chi connectivity index (χ0v) is 19.8. The van der Waals surface area contributed by atoms with E-state index in [1.54, 1.807) is 0 Å². The van der Waals surface area contributed by atoms with Crippen LogP contribution in [0.15, 0.2) is 12.1 Å². The molecule has 3 atom stereocenters. The molecular formula is C25H39NO3S. The molecule has 1 aromatic rings. The number of methoxy groups -OCH3 is 1. The Balaban J connectivity index is 0.000000232. The van der Waals surface area contributed by atoms with Crippen LogP contribution < -0.4 is 0 Å². The molecule has 0 amide bonds. The number of ether oxygens (including phenoxy) is 1. The van der Waals surface area contributed by atoms with Crippen molar-refractivity contribution >= 4 is 17.3 Å². The first-order valence-corrected chi connectivity index (χ1v) is 12.6. The van der Waals surface area contributed by atoms with Gasteiger partial charge < -0.3 is 9.84 Å². The van der Waals surface area contributed by atoms with Crippen molar-refractivity contribution in [3.05, 3.63) is 21.9 Å². The molecule has 168 valence electrons. The maximum absolute atomic E-state index is 11.0. The van der Waals surface area contributed by atoms with Crippen LogP contribution >= 0.6 is 11.3 Å². The van der Waals surface area contributed by atoms with E-state index in [0.717, 1.165) is 44.9 Å². The second kappa shape index (κ2) is 12.5. The highest BCUT2D eigenvalue weighted by molar-refractivity contribution is 7.13. The molecule has 0 saturated heterocycles. The minimum absolute atomic E-state index is 0.0989. The first-order valence-electron chi connectivity index (χ1n) is 11.7. The van der Waals surface area contributed by atoms with Gasteiger partial charge in [-0.2, -0.15) is 5.26 Å². The number of carbonyl (C=O) groups excluding carboxylic acids is 1. The van der Waals surface area contributed by atoms with Gasteiger partial charge in [0.1, 0.15) is 4.88 Å². The summed E-state index contributed by atoms with van der Waals surface area (Å²) < 4.78 is 4.60. The average molecular weight is 434 g/mol. The van der Waals surface area contributed by atoms with Gasteiger partial charge in [-0.25, -0.2) is 4.79 Å². The van der Waals surface area contributed by atoms with Gasteiger partial charge in [0.2, 0.25) is 0 Å². The number of hydrogen-bond donors (Lipinski definition) is 1. The van der Waals surface area contributed by atoms with E-state index in [2.05, 4.69) is 24.7 Å². The van der Waals surface area contributed by atoms with Gasteiger partial charge in [-0.05, 0) is 74.8 Å². The van der Waals surface area contributed by atoms with Crippen LogP contribution in [0.1, 0.15) is 99.0 Å². The van der Waals surface area contributed by atoms with E-state index in [9.17, 15) is 9.90 Å². The third kappa shape index (κ3) is 6.56. The molecule has 4 nitrogen and oxygen atoms in total. The van der Waals surface area contributed by atoms with Crippen LogP contribution in [0.2, 0.25) is 0 Å². The molecule has 3 rings (SSSR count). The monoisotopic (exact) mass is 433 g/mol. The predicted octanol–water partition coefficient (Wildman–Crippen LogP) is 6.52. The van der Waals surface area contributed by atoms with Crippen LogP contribution in [0.25, 0.3) is 0 Å². The highest BCUT2D eigenvalue weighted by Gasteiger charge is 2.41. The van der Waals surface area contributed by atoms with Gasteiger partial charge in [-0.3, -0.25) is 0 Å². The molecule has 2 aliphatic rings. The van der Waals surface area contributed by atoms with Crippen molar-refractivity contribution < 1.29 is 14.6 Å². The van der Waals surface area contributed by atoms with Crippen LogP contribution in [0.3, 0.4) is 0 Å². The fourth-order valence-corrected chi connectivity index (χ4v) is 5.98. The number of aliphatic hydroxyl groups excluding tert-OH is 1. The standard InChI is InChI=1S/C16H27NO.C9H12O2S/c1-2-16(10-5-11-16)15(18)9-4-7-13-6-3-8-14(13)12-17;1-3-4-7-5-6-8(12-7)9(10)11-2/h13-15,18H,2-11H2,1H3;5-6H,3-4H2,1-2H3. The Hall–Kier alpha value is -1.38. The Morgan fingerprint density at radius 2 is 2.10 bits per heavy atom. The molecule has 2 aliphatic carbocycles. The van der Waals surface area contributed by atoms with Crippen molar-refractivity contribution in [2.75, 3.05) is 7.11 Å². The van der Waals surface area contributed by atoms with Crippen molar-refractivity contribution in [1.82, 2.24) is 0 Å². The third-order valence-electron chi connectivity index (χ3n) is 7.18. The number of rotatable bonds is 9. The number of hydrogen-bond acceptors (Lipinski definition) is 5. The molecule has 5 heteroatoms. The van der Waals surface area contributed by atoms with E-state index >= 15 is 0 Å². The minimum atomic E-state index is -0.234. The van der Waals surface area contributed by atoms with Gasteiger partial charge >= 0.3 is 5.97 Å². The molecule has 0 bridgehead atoms. The third-order valence-corrected chi connectivity index (χ3v) is 8.31. The molecule has 0 aromatic carbocycles. The van der Waals surface area contributed by atoms with E-state index in [-0.39, 0.29) is 17.5 Å². The molecule has 0 aliphatic heterocycles. The molecule has 3 unspecified atom stereocenters. The molecular weight excluding hydrogens is 394 g/mol. The number of carbonyl (C=O) groups is 1. The zero-order valence-electron chi connectivity index (χ0n) is 19.0. The SMILES string of the molecule is CCC1(C(O)CCCC2CCCC2C#N)CCC1.CCCc1ccc(C(=O)OC)s1. The lowest BCUT2D eigenvalue weighted by molar-refractivity contribution is -0.0436. The number of nitrogens with zero attached hydrogens (tertiary/aromatic N) is 1. The number of aliphatic hydroxyl groups is 1. The molecule has 2 saturated carbocycles. The predicted molar refractivity (Wildman–Crippen MR) is 123 cm³/mol. The fourth-order valence-electron chi connectivity index (χ4n) is 4.95. The van der Waals surface area contributed by atoms with Crippen molar-refractivity contribution in [1.29, 1.82) is 5.26 Å². The molecule has 1 heterocycles. The van der Waals surface area contributed by atoms with Crippen LogP contribution in [0, 0.1) is 28.6 Å². The van der Waals surface area contributed by atoms with Crippen LogP contribution in [-0.2, 0) is 11.2 Å². The molecule has 1 N–H and O–H groups in total. The van der Waals surface area contributed by atoms with Gasteiger partial charge in [0, 0.05) is 10.8 Å². The molecule has 2 fully saturated rings. The zero-order chi connectivity index (χ0) is 22.0. The summed E-state index contributed by atoms with van der Waals surface area (Å²) >= 11 is 1.52. The van der Waals surface area contributed by atoms with E-state index < -0.39 is 0 Å². The van der Waals surface area contributed by atoms with Crippen LogP contribution in [0.4, 0.5) is 0 Å². The summed E-state index contributed by atoms with van der Waals surface area (Å²) in [6.45, 7) is 4.34. The van der Waals surface area contributed by atoms with E-state index in [4.69, 9.17) is 5.26 Å². The second-order valence-electron chi connectivity index (χ2n) is 8.95. The van der Waals surface area contributed by atoms with Gasteiger partial charge in [0.15, 0.2) is 0 Å². The number of nitriles is 1. The lowest BCUT2D eigenvalue weighted by Crippen LogP contribution is -2.40. The van der Waals surface area contributed by atoms with Gasteiger partial charge in [-0.15, -0.1) is 11.3 Å². The molecule has 1 aromatic heterocycles. The van der Waals surface area contributed by atoms with Crippen molar-refractivity contribution in [2.24, 2.45) is 17.3 Å². The lowest BCUT2D eigenvalue weighted by Gasteiger charge is -2.45. The first kappa shape index (κ1) is 24.9. The van der Waals surface area contributed by atoms with Crippen molar-refractivity contribution in [3.63, 3.8) is 0 Å². The Morgan fingerprint density at radius 1 is 1.33 bits per heavy atom. The maximum Gasteiger partial charge on any atom is 0.348 e. The van der Waals surface area contributed by atoms with Crippen molar-refractivity contribution in [2.45, 2.75) is 97.0 Å². The maximum atomic E-state index is 11.0. The van der Waals surface area contributed by atoms with Gasteiger partial charge in [-0.1, -0.05) is 39.5 Å². The largest absolute Gasteiger partial charge is 0.465 e. The first-order chi connectivity index (χ1) is 14.5. The Labute approximate surface area is 186 Å².